The van der Waals surface area contributed by atoms with Gasteiger partial charge in [-0.25, -0.2) is 0 Å². The van der Waals surface area contributed by atoms with Gasteiger partial charge in [0.05, 0.1) is 0 Å². The molecule has 0 amide bonds. The Morgan fingerprint density at radius 1 is 0.303 bits per heavy atom. The van der Waals surface area contributed by atoms with E-state index in [-0.39, 0.29) is 31.1 Å². The van der Waals surface area contributed by atoms with Crippen LogP contribution in [-0.2, 0) is 28.6 Å². The Labute approximate surface area is 409 Å². The minimum absolute atomic E-state index is 0.0782. The number of carbonyl (C=O) groups is 3. The topological polar surface area (TPSA) is 78.9 Å². The van der Waals surface area contributed by atoms with Gasteiger partial charge in [0, 0.05) is 19.3 Å². The second-order valence-corrected chi connectivity index (χ2v) is 19.2. The fraction of sp³-hybridized carbons (Fsp3) is 0.817. The number of carbonyl (C=O) groups excluding carboxylic acids is 3. The lowest BCUT2D eigenvalue weighted by Crippen LogP contribution is -2.30. The van der Waals surface area contributed by atoms with Crippen LogP contribution in [0.4, 0.5) is 0 Å². The van der Waals surface area contributed by atoms with Gasteiger partial charge < -0.3 is 14.2 Å². The Morgan fingerprint density at radius 2 is 0.545 bits per heavy atom. The lowest BCUT2D eigenvalue weighted by Gasteiger charge is -2.18. The number of esters is 3. The SMILES string of the molecule is CCCCC/C=C/C/C=C/CCCCCCCCCCCC(=O)OC[C@@H](COC(=O)CCCCCCC/C=C/CCCCCCC)OC(=O)CCCCCCCCC/C=C/CCCCCC. The molecular weight excluding hydrogens is 817 g/mol. The van der Waals surface area contributed by atoms with Gasteiger partial charge in [-0.2, -0.15) is 0 Å². The Balaban J connectivity index is 4.36. The summed E-state index contributed by atoms with van der Waals surface area (Å²) in [6.07, 6.45) is 66.6. The molecule has 0 saturated heterocycles. The molecule has 0 radical (unpaired) electrons. The van der Waals surface area contributed by atoms with Crippen LogP contribution in [0.2, 0.25) is 0 Å². The highest BCUT2D eigenvalue weighted by molar-refractivity contribution is 5.71. The van der Waals surface area contributed by atoms with Crippen molar-refractivity contribution < 1.29 is 28.6 Å². The highest BCUT2D eigenvalue weighted by atomic mass is 16.6. The van der Waals surface area contributed by atoms with Crippen molar-refractivity contribution in [3.63, 3.8) is 0 Å². The third-order valence-electron chi connectivity index (χ3n) is 12.5. The maximum atomic E-state index is 12.8. The number of allylic oxidation sites excluding steroid dienone is 8. The highest BCUT2D eigenvalue weighted by Crippen LogP contribution is 2.15. The molecule has 1 atom stereocenters. The van der Waals surface area contributed by atoms with Crippen molar-refractivity contribution in [3.8, 4) is 0 Å². The van der Waals surface area contributed by atoms with Crippen molar-refractivity contribution >= 4 is 17.9 Å². The van der Waals surface area contributed by atoms with Crippen LogP contribution in [0.3, 0.4) is 0 Å². The van der Waals surface area contributed by atoms with Crippen molar-refractivity contribution in [2.75, 3.05) is 13.2 Å². The molecule has 0 bridgehead atoms. The van der Waals surface area contributed by atoms with E-state index in [0.29, 0.717) is 19.3 Å². The monoisotopic (exact) mass is 925 g/mol. The molecule has 0 heterocycles. The largest absolute Gasteiger partial charge is 0.462 e. The number of hydrogen-bond acceptors (Lipinski definition) is 6. The van der Waals surface area contributed by atoms with Gasteiger partial charge in [0.15, 0.2) is 6.10 Å². The van der Waals surface area contributed by atoms with Gasteiger partial charge in [-0.1, -0.05) is 223 Å². The molecule has 0 spiro atoms. The number of ether oxygens (including phenoxy) is 3. The molecule has 0 fully saturated rings. The molecule has 384 valence electrons. The van der Waals surface area contributed by atoms with E-state index in [2.05, 4.69) is 69.4 Å². The lowest BCUT2D eigenvalue weighted by molar-refractivity contribution is -0.167. The molecule has 0 aliphatic heterocycles. The first-order chi connectivity index (χ1) is 32.5. The average molecular weight is 926 g/mol. The summed E-state index contributed by atoms with van der Waals surface area (Å²) in [4.78, 5) is 38.1. The van der Waals surface area contributed by atoms with Gasteiger partial charge in [-0.15, -0.1) is 0 Å². The average Bonchev–Trinajstić information content (AvgIpc) is 3.31. The van der Waals surface area contributed by atoms with Crippen LogP contribution >= 0.6 is 0 Å². The van der Waals surface area contributed by atoms with Crippen molar-refractivity contribution in [2.45, 2.75) is 303 Å². The molecule has 0 aliphatic rings. The maximum Gasteiger partial charge on any atom is 0.306 e. The second kappa shape index (κ2) is 55.0. The third-order valence-corrected chi connectivity index (χ3v) is 12.5. The first-order valence-corrected chi connectivity index (χ1v) is 28.6. The van der Waals surface area contributed by atoms with Gasteiger partial charge in [0.2, 0.25) is 0 Å². The fourth-order valence-electron chi connectivity index (χ4n) is 8.17. The van der Waals surface area contributed by atoms with Crippen LogP contribution in [-0.4, -0.2) is 37.2 Å². The molecule has 0 aromatic carbocycles. The van der Waals surface area contributed by atoms with Crippen LogP contribution in [0.15, 0.2) is 48.6 Å². The highest BCUT2D eigenvalue weighted by Gasteiger charge is 2.19. The second-order valence-electron chi connectivity index (χ2n) is 19.2. The number of unbranched alkanes of at least 4 members (excludes halogenated alkanes) is 33. The van der Waals surface area contributed by atoms with Crippen molar-refractivity contribution in [3.05, 3.63) is 48.6 Å². The minimum atomic E-state index is -0.779. The lowest BCUT2D eigenvalue weighted by atomic mass is 10.1. The van der Waals surface area contributed by atoms with E-state index in [1.807, 2.05) is 0 Å². The summed E-state index contributed by atoms with van der Waals surface area (Å²) < 4.78 is 16.9. The van der Waals surface area contributed by atoms with Crippen molar-refractivity contribution in [2.24, 2.45) is 0 Å². The summed E-state index contributed by atoms with van der Waals surface area (Å²) in [6, 6.07) is 0. The smallest absolute Gasteiger partial charge is 0.306 e. The van der Waals surface area contributed by atoms with E-state index < -0.39 is 6.10 Å². The zero-order valence-corrected chi connectivity index (χ0v) is 44.0. The molecule has 0 aliphatic carbocycles. The minimum Gasteiger partial charge on any atom is -0.462 e. The van der Waals surface area contributed by atoms with E-state index in [9.17, 15) is 14.4 Å². The fourth-order valence-corrected chi connectivity index (χ4v) is 8.17. The van der Waals surface area contributed by atoms with Crippen LogP contribution < -0.4 is 0 Å². The molecule has 0 aromatic rings. The summed E-state index contributed by atoms with van der Waals surface area (Å²) >= 11 is 0. The summed E-state index contributed by atoms with van der Waals surface area (Å²) in [5.74, 6) is -0.883. The van der Waals surface area contributed by atoms with E-state index in [4.69, 9.17) is 14.2 Å². The van der Waals surface area contributed by atoms with Gasteiger partial charge in [0.1, 0.15) is 13.2 Å². The Bertz CT molecular complexity index is 1150. The van der Waals surface area contributed by atoms with Gasteiger partial charge in [-0.3, -0.25) is 14.4 Å². The van der Waals surface area contributed by atoms with Crippen LogP contribution in [0.5, 0.6) is 0 Å². The molecule has 0 rings (SSSR count). The van der Waals surface area contributed by atoms with Crippen LogP contribution in [0, 0.1) is 0 Å². The quantitative estimate of drug-likeness (QED) is 0.0262. The molecule has 66 heavy (non-hydrogen) atoms. The Kier molecular flexibility index (Phi) is 52.8. The summed E-state index contributed by atoms with van der Waals surface area (Å²) in [5, 5.41) is 0. The molecule has 0 aromatic heterocycles. The van der Waals surface area contributed by atoms with Gasteiger partial charge >= 0.3 is 17.9 Å². The van der Waals surface area contributed by atoms with E-state index in [1.54, 1.807) is 0 Å². The third kappa shape index (κ3) is 52.3. The number of rotatable bonds is 52. The maximum absolute atomic E-state index is 12.8. The molecule has 6 nitrogen and oxygen atoms in total. The number of hydrogen-bond donors (Lipinski definition) is 0. The standard InChI is InChI=1S/C60H108O6/c1-4-7-10-13-16-19-22-25-28-29-30-31-33-35-38-41-44-47-50-53-59(62)65-56-57(55-64-58(61)52-49-46-43-40-37-34-27-24-21-18-15-12-9-6-3)66-60(63)54-51-48-45-42-39-36-32-26-23-20-17-14-11-8-5-2/h16,19-20,23-25,27-28,57H,4-15,17-18,21-22,26,29-56H2,1-3H3/b19-16+,23-20+,27-24+,28-25+/t57-/m1/s1. The van der Waals surface area contributed by atoms with Crippen LogP contribution in [0.1, 0.15) is 297 Å². The summed E-state index contributed by atoms with van der Waals surface area (Å²) in [5.41, 5.74) is 0. The molecular formula is C60H108O6. The molecule has 0 unspecified atom stereocenters. The van der Waals surface area contributed by atoms with Gasteiger partial charge in [0.25, 0.3) is 0 Å². The van der Waals surface area contributed by atoms with Crippen molar-refractivity contribution in [1.29, 1.82) is 0 Å². The van der Waals surface area contributed by atoms with Crippen molar-refractivity contribution in [1.82, 2.24) is 0 Å². The predicted molar refractivity (Wildman–Crippen MR) is 284 cm³/mol. The van der Waals surface area contributed by atoms with E-state index in [0.717, 1.165) is 70.6 Å². The zero-order valence-electron chi connectivity index (χ0n) is 44.0. The predicted octanol–water partition coefficient (Wildman–Crippen LogP) is 19.0. The zero-order chi connectivity index (χ0) is 47.9. The van der Waals surface area contributed by atoms with E-state index in [1.165, 1.54) is 186 Å². The first-order valence-electron chi connectivity index (χ1n) is 28.6. The normalized spacial score (nSPS) is 12.3. The van der Waals surface area contributed by atoms with Gasteiger partial charge in [-0.05, 0) is 103 Å². The summed E-state index contributed by atoms with van der Waals surface area (Å²) in [6.45, 7) is 6.61. The molecule has 0 N–H and O–H groups in total. The molecule has 6 heteroatoms. The first kappa shape index (κ1) is 63.4. The summed E-state index contributed by atoms with van der Waals surface area (Å²) in [7, 11) is 0. The van der Waals surface area contributed by atoms with Crippen LogP contribution in [0.25, 0.3) is 0 Å². The van der Waals surface area contributed by atoms with E-state index >= 15 is 0 Å². The Morgan fingerprint density at radius 3 is 0.894 bits per heavy atom. The molecule has 0 saturated carbocycles. The Hall–Kier alpha value is -2.63.